The van der Waals surface area contributed by atoms with Crippen LogP contribution >= 0.6 is 0 Å². The number of imidazole rings is 1. The Hall–Kier alpha value is -3.84. The van der Waals surface area contributed by atoms with Crippen molar-refractivity contribution in [2.75, 3.05) is 0 Å². The molecule has 0 saturated heterocycles. The molecule has 0 bridgehead atoms. The van der Waals surface area contributed by atoms with Crippen LogP contribution in [0.25, 0.3) is 0 Å². The smallest absolute Gasteiger partial charge is 0.253 e. The number of aryl methyl sites for hydroxylation is 3. The van der Waals surface area contributed by atoms with Crippen LogP contribution in [-0.2, 0) is 26.1 Å². The molecule has 1 amide bonds. The summed E-state index contributed by atoms with van der Waals surface area (Å²) in [5.41, 5.74) is 8.29. The molecule has 1 aliphatic rings. The molecule has 36 heavy (non-hydrogen) atoms. The first kappa shape index (κ1) is 23.9. The lowest BCUT2D eigenvalue weighted by Gasteiger charge is -2.35. The van der Waals surface area contributed by atoms with Crippen LogP contribution in [0.1, 0.15) is 68.6 Å². The lowest BCUT2D eigenvalue weighted by molar-refractivity contribution is 0.0949. The predicted molar refractivity (Wildman–Crippen MR) is 139 cm³/mol. The maximum atomic E-state index is 12.7. The Kier molecular flexibility index (Phi) is 7.18. The summed E-state index contributed by atoms with van der Waals surface area (Å²) >= 11 is 0. The number of nitrogens with one attached hydrogen (secondary N) is 2. The number of hydrogen-bond donors (Lipinski definition) is 2. The summed E-state index contributed by atoms with van der Waals surface area (Å²) in [7, 11) is 0. The third-order valence-electron chi connectivity index (χ3n) is 6.97. The zero-order chi connectivity index (χ0) is 24.9. The van der Waals surface area contributed by atoms with Gasteiger partial charge < -0.3 is 10.3 Å². The van der Waals surface area contributed by atoms with Crippen molar-refractivity contribution >= 4 is 5.91 Å². The average molecular weight is 481 g/mol. The van der Waals surface area contributed by atoms with Gasteiger partial charge in [0.05, 0.1) is 29.3 Å². The van der Waals surface area contributed by atoms with E-state index < -0.39 is 0 Å². The van der Waals surface area contributed by atoms with E-state index in [4.69, 9.17) is 4.98 Å². The normalized spacial score (nSPS) is 15.0. The minimum atomic E-state index is -0.0867. The van der Waals surface area contributed by atoms with E-state index in [1.54, 1.807) is 12.5 Å². The summed E-state index contributed by atoms with van der Waals surface area (Å²) < 4.78 is 0. The number of hydrogen-bond acceptors (Lipinski definition) is 5. The van der Waals surface area contributed by atoms with Crippen LogP contribution < -0.4 is 5.32 Å². The Bertz CT molecular complexity index is 1300. The third kappa shape index (κ3) is 5.36. The molecular weight excluding hydrogens is 448 g/mol. The molecule has 1 atom stereocenters. The van der Waals surface area contributed by atoms with Crippen LogP contribution in [0.15, 0.2) is 67.4 Å². The monoisotopic (exact) mass is 480 g/mol. The molecule has 2 N–H and O–H groups in total. The zero-order valence-corrected chi connectivity index (χ0v) is 20.9. The van der Waals surface area contributed by atoms with Crippen molar-refractivity contribution in [3.63, 3.8) is 0 Å². The first-order valence-corrected chi connectivity index (χ1v) is 12.5. The molecule has 1 unspecified atom stereocenters. The van der Waals surface area contributed by atoms with Crippen molar-refractivity contribution in [3.05, 3.63) is 112 Å². The van der Waals surface area contributed by atoms with Gasteiger partial charge in [-0.1, -0.05) is 30.3 Å². The van der Waals surface area contributed by atoms with Gasteiger partial charge in [-0.2, -0.15) is 0 Å². The van der Waals surface area contributed by atoms with Crippen molar-refractivity contribution in [2.24, 2.45) is 0 Å². The number of benzene rings is 1. The van der Waals surface area contributed by atoms with Gasteiger partial charge >= 0.3 is 0 Å². The number of carbonyl (C=O) groups is 1. The quantitative estimate of drug-likeness (QED) is 0.377. The van der Waals surface area contributed by atoms with Gasteiger partial charge in [0, 0.05) is 43.9 Å². The van der Waals surface area contributed by atoms with Crippen molar-refractivity contribution in [2.45, 2.75) is 58.8 Å². The summed E-state index contributed by atoms with van der Waals surface area (Å²) in [6, 6.07) is 14.9. The highest BCUT2D eigenvalue weighted by Gasteiger charge is 2.27. The minimum Gasteiger partial charge on any atom is -0.348 e. The molecule has 7 nitrogen and oxygen atoms in total. The number of carbonyl (C=O) groups excluding carboxylic acids is 1. The first-order chi connectivity index (χ1) is 17.6. The van der Waals surface area contributed by atoms with Crippen LogP contribution in [0.4, 0.5) is 0 Å². The standard InChI is InChI=1S/C29H32N6O/c1-20-12-14-31-21(2)27(20)29(36)33-15-22-8-10-23(11-9-22)17-35(18-25-16-30-19-34-25)26-7-3-5-24-6-4-13-32-28(24)26/h4,6,8-14,16,19,26H,3,5,7,15,17-18H2,1-2H3,(H,30,34)(H,33,36). The van der Waals surface area contributed by atoms with Crippen LogP contribution in [0.3, 0.4) is 0 Å². The van der Waals surface area contributed by atoms with Crippen LogP contribution in [0, 0.1) is 13.8 Å². The second-order valence-corrected chi connectivity index (χ2v) is 9.53. The number of aromatic nitrogens is 4. The summed E-state index contributed by atoms with van der Waals surface area (Å²) in [6.07, 6.45) is 10.6. The van der Waals surface area contributed by atoms with Gasteiger partial charge in [0.15, 0.2) is 0 Å². The molecule has 0 fully saturated rings. The molecule has 184 valence electrons. The van der Waals surface area contributed by atoms with Gasteiger partial charge in [-0.3, -0.25) is 19.7 Å². The van der Waals surface area contributed by atoms with E-state index in [9.17, 15) is 4.79 Å². The summed E-state index contributed by atoms with van der Waals surface area (Å²) in [6.45, 7) is 5.87. The summed E-state index contributed by atoms with van der Waals surface area (Å²) in [4.78, 5) is 31.7. The van der Waals surface area contributed by atoms with Gasteiger partial charge in [0.25, 0.3) is 5.91 Å². The lowest BCUT2D eigenvalue weighted by atomic mass is 9.90. The third-order valence-corrected chi connectivity index (χ3v) is 6.97. The Morgan fingerprint density at radius 3 is 2.67 bits per heavy atom. The molecule has 1 aromatic carbocycles. The molecule has 7 heteroatoms. The number of amides is 1. The number of nitrogens with zero attached hydrogens (tertiary/aromatic N) is 4. The van der Waals surface area contributed by atoms with E-state index in [1.165, 1.54) is 16.8 Å². The molecule has 0 saturated carbocycles. The van der Waals surface area contributed by atoms with E-state index >= 15 is 0 Å². The molecular formula is C29H32N6O. The predicted octanol–water partition coefficient (Wildman–Crippen LogP) is 4.83. The molecule has 4 aromatic rings. The number of H-pyrrole nitrogens is 1. The fraction of sp³-hybridized carbons (Fsp3) is 0.310. The van der Waals surface area contributed by atoms with E-state index in [1.807, 2.05) is 38.4 Å². The Morgan fingerprint density at radius 2 is 1.89 bits per heavy atom. The highest BCUT2D eigenvalue weighted by Crippen LogP contribution is 2.34. The van der Waals surface area contributed by atoms with E-state index in [-0.39, 0.29) is 11.9 Å². The van der Waals surface area contributed by atoms with Crippen LogP contribution in [0.2, 0.25) is 0 Å². The lowest BCUT2D eigenvalue weighted by Crippen LogP contribution is -2.31. The topological polar surface area (TPSA) is 86.8 Å². The maximum Gasteiger partial charge on any atom is 0.253 e. The fourth-order valence-electron chi connectivity index (χ4n) is 5.11. The zero-order valence-electron chi connectivity index (χ0n) is 20.9. The fourth-order valence-corrected chi connectivity index (χ4v) is 5.11. The Morgan fingerprint density at radius 1 is 1.06 bits per heavy atom. The highest BCUT2D eigenvalue weighted by atomic mass is 16.1. The van der Waals surface area contributed by atoms with Crippen molar-refractivity contribution in [1.29, 1.82) is 0 Å². The molecule has 3 heterocycles. The second kappa shape index (κ2) is 10.8. The van der Waals surface area contributed by atoms with Crippen molar-refractivity contribution < 1.29 is 4.79 Å². The highest BCUT2D eigenvalue weighted by molar-refractivity contribution is 5.96. The number of pyridine rings is 2. The van der Waals surface area contributed by atoms with E-state index in [0.717, 1.165) is 54.9 Å². The first-order valence-electron chi connectivity index (χ1n) is 12.5. The average Bonchev–Trinajstić information content (AvgIpc) is 3.41. The molecule has 3 aromatic heterocycles. The van der Waals surface area contributed by atoms with E-state index in [2.05, 4.69) is 55.5 Å². The molecule has 1 aliphatic carbocycles. The SMILES string of the molecule is Cc1ccnc(C)c1C(=O)NCc1ccc(CN(Cc2cnc[nH]2)C2CCCc3cccnc32)cc1. The Balaban J connectivity index is 1.29. The summed E-state index contributed by atoms with van der Waals surface area (Å²) in [5, 5.41) is 3.04. The molecule has 0 spiro atoms. The van der Waals surface area contributed by atoms with Gasteiger partial charge in [0.1, 0.15) is 0 Å². The van der Waals surface area contributed by atoms with Gasteiger partial charge in [-0.15, -0.1) is 0 Å². The van der Waals surface area contributed by atoms with Crippen molar-refractivity contribution in [3.8, 4) is 0 Å². The van der Waals surface area contributed by atoms with Crippen LogP contribution in [0.5, 0.6) is 0 Å². The number of rotatable bonds is 8. The minimum absolute atomic E-state index is 0.0867. The molecule has 0 radical (unpaired) electrons. The number of aromatic amines is 1. The van der Waals surface area contributed by atoms with Crippen LogP contribution in [-0.4, -0.2) is 30.7 Å². The molecule has 5 rings (SSSR count). The second-order valence-electron chi connectivity index (χ2n) is 9.53. The number of fused-ring (bicyclic) bond motifs is 1. The van der Waals surface area contributed by atoms with Gasteiger partial charge in [0.2, 0.25) is 0 Å². The van der Waals surface area contributed by atoms with Gasteiger partial charge in [-0.25, -0.2) is 4.98 Å². The molecule has 0 aliphatic heterocycles. The maximum absolute atomic E-state index is 12.7. The van der Waals surface area contributed by atoms with E-state index in [0.29, 0.717) is 12.1 Å². The largest absolute Gasteiger partial charge is 0.348 e. The Labute approximate surface area is 212 Å². The summed E-state index contributed by atoms with van der Waals surface area (Å²) in [5.74, 6) is -0.0867. The van der Waals surface area contributed by atoms with Gasteiger partial charge in [-0.05, 0) is 67.5 Å². The van der Waals surface area contributed by atoms with Crippen molar-refractivity contribution in [1.82, 2.24) is 30.2 Å².